The molecule has 136 valence electrons. The third-order valence-corrected chi connectivity index (χ3v) is 7.70. The first kappa shape index (κ1) is 15.7. The van der Waals surface area contributed by atoms with Crippen LogP contribution in [0.15, 0.2) is 19.6 Å². The molecule has 0 N–H and O–H groups in total. The molecule has 0 aromatic carbocycles. The third-order valence-electron chi connectivity index (χ3n) is 4.33. The highest BCUT2D eigenvalue weighted by molar-refractivity contribution is 7.27. The van der Waals surface area contributed by atoms with Gasteiger partial charge in [0.1, 0.15) is 24.2 Å². The van der Waals surface area contributed by atoms with Crippen LogP contribution in [0, 0.1) is 13.8 Å². The number of nitrogens with zero attached hydrogens (tertiary/aromatic N) is 2. The van der Waals surface area contributed by atoms with Crippen LogP contribution in [0.5, 0.6) is 11.5 Å². The molecule has 5 aromatic heterocycles. The Balaban J connectivity index is 1.62. The summed E-state index contributed by atoms with van der Waals surface area (Å²) in [7, 11) is 0. The van der Waals surface area contributed by atoms with E-state index in [0.717, 1.165) is 53.2 Å². The van der Waals surface area contributed by atoms with Crippen molar-refractivity contribution in [3.63, 3.8) is 0 Å². The molecule has 9 heteroatoms. The normalized spacial score (nSPS) is 13.9. The topological polar surface area (TPSA) is 70.5 Å². The standard InChI is InChI=1S/C18H12N2O4S3/c1-7-19-9-5-25-16(12(9)24-7)18-14-13(21-3-4-22-14)17(27-18)15-11-10(6-26-15)23-8(2)20-11/h5-6H,3-4H2,1-2H3. The highest BCUT2D eigenvalue weighted by Gasteiger charge is 2.30. The zero-order valence-electron chi connectivity index (χ0n) is 14.3. The van der Waals surface area contributed by atoms with E-state index in [-0.39, 0.29) is 0 Å². The smallest absolute Gasteiger partial charge is 0.192 e. The predicted octanol–water partition coefficient (Wildman–Crippen LogP) is 5.88. The minimum Gasteiger partial charge on any atom is -0.485 e. The van der Waals surface area contributed by atoms with E-state index in [9.17, 15) is 0 Å². The molecule has 5 aromatic rings. The van der Waals surface area contributed by atoms with E-state index in [4.69, 9.17) is 18.3 Å². The summed E-state index contributed by atoms with van der Waals surface area (Å²) in [5.41, 5.74) is 3.35. The Labute approximate surface area is 165 Å². The SMILES string of the molecule is Cc1nc2c(-c3sc(-c4scc5nc(C)oc45)c4c3OCCO4)scc2o1. The number of hydrogen-bond acceptors (Lipinski definition) is 9. The summed E-state index contributed by atoms with van der Waals surface area (Å²) in [6, 6.07) is 0. The Morgan fingerprint density at radius 1 is 0.815 bits per heavy atom. The first-order chi connectivity index (χ1) is 13.2. The second-order valence-corrected chi connectivity index (χ2v) is 8.92. The van der Waals surface area contributed by atoms with Gasteiger partial charge >= 0.3 is 0 Å². The zero-order chi connectivity index (χ0) is 18.1. The maximum atomic E-state index is 6.02. The number of thiophene rings is 3. The molecule has 27 heavy (non-hydrogen) atoms. The van der Waals surface area contributed by atoms with E-state index in [0.29, 0.717) is 25.0 Å². The van der Waals surface area contributed by atoms with Crippen LogP contribution in [0.25, 0.3) is 41.7 Å². The van der Waals surface area contributed by atoms with Crippen molar-refractivity contribution in [3.05, 3.63) is 22.5 Å². The average Bonchev–Trinajstić information content (AvgIpc) is 3.41. The largest absolute Gasteiger partial charge is 0.485 e. The van der Waals surface area contributed by atoms with Gasteiger partial charge in [-0.15, -0.1) is 34.0 Å². The summed E-state index contributed by atoms with van der Waals surface area (Å²) in [6.45, 7) is 4.78. The minimum atomic E-state index is 0.531. The fourth-order valence-electron chi connectivity index (χ4n) is 3.27. The number of aromatic nitrogens is 2. The van der Waals surface area contributed by atoms with Gasteiger partial charge in [-0.2, -0.15) is 0 Å². The van der Waals surface area contributed by atoms with Crippen molar-refractivity contribution in [2.45, 2.75) is 13.8 Å². The number of ether oxygens (including phenoxy) is 2. The molecule has 0 aliphatic carbocycles. The molecule has 1 aliphatic heterocycles. The Morgan fingerprint density at radius 2 is 1.52 bits per heavy atom. The molecule has 6 heterocycles. The Hall–Kier alpha value is -2.36. The van der Waals surface area contributed by atoms with Crippen LogP contribution in [-0.4, -0.2) is 23.2 Å². The number of rotatable bonds is 2. The summed E-state index contributed by atoms with van der Waals surface area (Å²) in [4.78, 5) is 13.1. The highest BCUT2D eigenvalue weighted by Crippen LogP contribution is 2.57. The molecule has 0 saturated heterocycles. The first-order valence-electron chi connectivity index (χ1n) is 8.31. The molecule has 0 unspecified atom stereocenters. The van der Waals surface area contributed by atoms with Gasteiger partial charge in [0.05, 0.1) is 19.5 Å². The predicted molar refractivity (Wildman–Crippen MR) is 107 cm³/mol. The molecular formula is C18H12N2O4S3. The molecule has 0 spiro atoms. The molecule has 6 rings (SSSR count). The molecule has 1 aliphatic rings. The van der Waals surface area contributed by atoms with Gasteiger partial charge in [-0.1, -0.05) is 0 Å². The van der Waals surface area contributed by atoms with Crippen molar-refractivity contribution in [1.29, 1.82) is 0 Å². The van der Waals surface area contributed by atoms with Crippen LogP contribution in [0.4, 0.5) is 0 Å². The van der Waals surface area contributed by atoms with E-state index in [1.807, 2.05) is 24.6 Å². The number of fused-ring (bicyclic) bond motifs is 3. The molecular weight excluding hydrogens is 404 g/mol. The van der Waals surface area contributed by atoms with Crippen molar-refractivity contribution in [2.75, 3.05) is 13.2 Å². The van der Waals surface area contributed by atoms with Gasteiger partial charge in [0.25, 0.3) is 0 Å². The minimum absolute atomic E-state index is 0.531. The molecule has 6 nitrogen and oxygen atoms in total. The van der Waals surface area contributed by atoms with Gasteiger partial charge in [-0.3, -0.25) is 0 Å². The first-order valence-corrected chi connectivity index (χ1v) is 10.9. The van der Waals surface area contributed by atoms with Crippen molar-refractivity contribution in [3.8, 4) is 31.0 Å². The zero-order valence-corrected chi connectivity index (χ0v) is 16.8. The number of aryl methyl sites for hydroxylation is 2. The van der Waals surface area contributed by atoms with Crippen molar-refractivity contribution in [2.24, 2.45) is 0 Å². The number of oxazole rings is 2. The second kappa shape index (κ2) is 5.57. The summed E-state index contributed by atoms with van der Waals surface area (Å²) < 4.78 is 23.6. The van der Waals surface area contributed by atoms with Crippen molar-refractivity contribution >= 4 is 56.2 Å². The van der Waals surface area contributed by atoms with E-state index in [2.05, 4.69) is 9.97 Å². The van der Waals surface area contributed by atoms with Crippen LogP contribution in [0.2, 0.25) is 0 Å². The summed E-state index contributed by atoms with van der Waals surface area (Å²) >= 11 is 4.86. The van der Waals surface area contributed by atoms with Crippen LogP contribution in [-0.2, 0) is 0 Å². The van der Waals surface area contributed by atoms with Gasteiger partial charge in [0.2, 0.25) is 0 Å². The molecule has 0 atom stereocenters. The average molecular weight is 417 g/mol. The van der Waals surface area contributed by atoms with E-state index in [1.165, 1.54) is 0 Å². The second-order valence-electron chi connectivity index (χ2n) is 6.14. The van der Waals surface area contributed by atoms with Crippen LogP contribution < -0.4 is 9.47 Å². The van der Waals surface area contributed by atoms with Gasteiger partial charge < -0.3 is 18.3 Å². The van der Waals surface area contributed by atoms with Gasteiger partial charge in [0.15, 0.2) is 34.4 Å². The lowest BCUT2D eigenvalue weighted by atomic mass is 10.2. The molecule has 0 fully saturated rings. The van der Waals surface area contributed by atoms with Gasteiger partial charge in [-0.25, -0.2) is 9.97 Å². The van der Waals surface area contributed by atoms with Crippen LogP contribution >= 0.6 is 34.0 Å². The lowest BCUT2D eigenvalue weighted by molar-refractivity contribution is 0.175. The maximum absolute atomic E-state index is 6.02. The summed E-state index contributed by atoms with van der Waals surface area (Å²) in [5, 5.41) is 4.00. The van der Waals surface area contributed by atoms with Crippen molar-refractivity contribution < 1.29 is 18.3 Å². The lowest BCUT2D eigenvalue weighted by Gasteiger charge is -2.16. The van der Waals surface area contributed by atoms with Gasteiger partial charge in [0, 0.05) is 24.6 Å². The quantitative estimate of drug-likeness (QED) is 0.358. The lowest BCUT2D eigenvalue weighted by Crippen LogP contribution is -2.14. The fourth-order valence-corrected chi connectivity index (χ4v) is 6.57. The van der Waals surface area contributed by atoms with E-state index >= 15 is 0 Å². The Morgan fingerprint density at radius 3 is 2.33 bits per heavy atom. The molecule has 0 saturated carbocycles. The fraction of sp³-hybridized carbons (Fsp3) is 0.222. The van der Waals surface area contributed by atoms with Crippen molar-refractivity contribution in [1.82, 2.24) is 9.97 Å². The summed E-state index contributed by atoms with van der Waals surface area (Å²) in [5.74, 6) is 2.88. The summed E-state index contributed by atoms with van der Waals surface area (Å²) in [6.07, 6.45) is 0. The Kier molecular flexibility index (Phi) is 3.23. The molecule has 0 radical (unpaired) electrons. The molecule has 0 amide bonds. The van der Waals surface area contributed by atoms with E-state index < -0.39 is 0 Å². The molecule has 0 bridgehead atoms. The third kappa shape index (κ3) is 2.22. The van der Waals surface area contributed by atoms with Crippen LogP contribution in [0.1, 0.15) is 11.8 Å². The highest BCUT2D eigenvalue weighted by atomic mass is 32.1. The Bertz CT molecular complexity index is 1220. The maximum Gasteiger partial charge on any atom is 0.192 e. The number of hydrogen-bond donors (Lipinski definition) is 0. The van der Waals surface area contributed by atoms with E-state index in [1.54, 1.807) is 34.0 Å². The van der Waals surface area contributed by atoms with Crippen LogP contribution in [0.3, 0.4) is 0 Å². The monoisotopic (exact) mass is 416 g/mol. The van der Waals surface area contributed by atoms with Gasteiger partial charge in [-0.05, 0) is 0 Å².